The molecule has 5 heteroatoms. The van der Waals surface area contributed by atoms with E-state index in [0.29, 0.717) is 19.8 Å². The second-order valence-electron chi connectivity index (χ2n) is 5.22. The number of carboxylic acid groups (broad SMARTS) is 1. The third-order valence-corrected chi connectivity index (χ3v) is 3.74. The second-order valence-corrected chi connectivity index (χ2v) is 5.22. The molecular weight excluding hydrogens is 246 g/mol. The molecule has 0 spiro atoms. The highest BCUT2D eigenvalue weighted by Gasteiger charge is 2.28. The minimum absolute atomic E-state index is 0.0467. The summed E-state index contributed by atoms with van der Waals surface area (Å²) in [6, 6.07) is -0.334. The molecule has 0 bridgehead atoms. The van der Waals surface area contributed by atoms with Gasteiger partial charge in [-0.25, -0.2) is 0 Å². The van der Waals surface area contributed by atoms with Crippen molar-refractivity contribution in [2.75, 3.05) is 19.8 Å². The van der Waals surface area contributed by atoms with Crippen LogP contribution in [0.15, 0.2) is 11.6 Å². The minimum Gasteiger partial charge on any atom is -0.481 e. The fourth-order valence-corrected chi connectivity index (χ4v) is 2.72. The molecule has 1 heterocycles. The number of ether oxygens (including phenoxy) is 1. The highest BCUT2D eigenvalue weighted by molar-refractivity contribution is 5.89. The molecule has 1 amide bonds. The standard InChI is InChI=1S/C14H21NO4/c16-13(8-11-4-2-1-3-5-11)15-6-7-19-10-12(15)9-14(17)18/h8,12H,1-7,9-10H2,(H,17,18). The van der Waals surface area contributed by atoms with E-state index in [4.69, 9.17) is 9.84 Å². The van der Waals surface area contributed by atoms with Crippen LogP contribution in [0.25, 0.3) is 0 Å². The van der Waals surface area contributed by atoms with E-state index in [2.05, 4.69) is 0 Å². The maximum atomic E-state index is 12.3. The topological polar surface area (TPSA) is 66.8 Å². The molecule has 0 radical (unpaired) electrons. The number of amides is 1. The Morgan fingerprint density at radius 2 is 2.05 bits per heavy atom. The molecule has 1 saturated carbocycles. The Balaban J connectivity index is 2.00. The maximum Gasteiger partial charge on any atom is 0.305 e. The van der Waals surface area contributed by atoms with E-state index in [1.165, 1.54) is 12.0 Å². The lowest BCUT2D eigenvalue weighted by molar-refractivity contribution is -0.143. The van der Waals surface area contributed by atoms with E-state index in [1.54, 1.807) is 11.0 Å². The lowest BCUT2D eigenvalue weighted by atomic mass is 9.94. The van der Waals surface area contributed by atoms with Gasteiger partial charge in [0.05, 0.1) is 25.7 Å². The lowest BCUT2D eigenvalue weighted by Crippen LogP contribution is -2.49. The average Bonchev–Trinajstić information content (AvgIpc) is 2.39. The summed E-state index contributed by atoms with van der Waals surface area (Å²) in [6.45, 7) is 1.30. The van der Waals surface area contributed by atoms with Crippen molar-refractivity contribution in [2.24, 2.45) is 0 Å². The van der Waals surface area contributed by atoms with Crippen molar-refractivity contribution in [3.63, 3.8) is 0 Å². The normalized spacial score (nSPS) is 24.1. The molecule has 2 fully saturated rings. The van der Waals surface area contributed by atoms with Crippen LogP contribution in [0.4, 0.5) is 0 Å². The Bertz CT molecular complexity index is 370. The monoisotopic (exact) mass is 267 g/mol. The number of hydrogen-bond donors (Lipinski definition) is 1. The summed E-state index contributed by atoms with van der Waals surface area (Å²) < 4.78 is 5.28. The van der Waals surface area contributed by atoms with E-state index >= 15 is 0 Å². The first-order valence-electron chi connectivity index (χ1n) is 6.96. The maximum absolute atomic E-state index is 12.3. The molecule has 19 heavy (non-hydrogen) atoms. The zero-order valence-electron chi connectivity index (χ0n) is 11.1. The quantitative estimate of drug-likeness (QED) is 0.788. The van der Waals surface area contributed by atoms with Gasteiger partial charge in [-0.3, -0.25) is 9.59 Å². The number of morpholine rings is 1. The average molecular weight is 267 g/mol. The van der Waals surface area contributed by atoms with Crippen molar-refractivity contribution in [2.45, 2.75) is 44.6 Å². The first kappa shape index (κ1) is 14.1. The molecule has 1 saturated heterocycles. The van der Waals surface area contributed by atoms with Crippen LogP contribution in [0.2, 0.25) is 0 Å². The first-order chi connectivity index (χ1) is 9.16. The summed E-state index contributed by atoms with van der Waals surface area (Å²) in [6.07, 6.45) is 7.22. The summed E-state index contributed by atoms with van der Waals surface area (Å²) in [7, 11) is 0. The van der Waals surface area contributed by atoms with Gasteiger partial charge >= 0.3 is 5.97 Å². The molecule has 0 aromatic heterocycles. The summed E-state index contributed by atoms with van der Waals surface area (Å²) in [5, 5.41) is 8.88. The number of allylic oxidation sites excluding steroid dienone is 1. The molecule has 1 unspecified atom stereocenters. The Labute approximate surface area is 113 Å². The third-order valence-electron chi connectivity index (χ3n) is 3.74. The van der Waals surface area contributed by atoms with E-state index < -0.39 is 5.97 Å². The number of carbonyl (C=O) groups is 2. The van der Waals surface area contributed by atoms with Crippen molar-refractivity contribution in [1.82, 2.24) is 4.90 Å². The molecule has 1 atom stereocenters. The van der Waals surface area contributed by atoms with Gasteiger partial charge in [0.25, 0.3) is 0 Å². The number of aliphatic carboxylic acids is 1. The molecule has 1 aliphatic heterocycles. The highest BCUT2D eigenvalue weighted by atomic mass is 16.5. The van der Waals surface area contributed by atoms with Crippen molar-refractivity contribution < 1.29 is 19.4 Å². The zero-order valence-corrected chi connectivity index (χ0v) is 11.1. The summed E-state index contributed by atoms with van der Waals surface area (Å²) in [4.78, 5) is 24.7. The van der Waals surface area contributed by atoms with Crippen molar-refractivity contribution in [1.29, 1.82) is 0 Å². The predicted molar refractivity (Wildman–Crippen MR) is 69.7 cm³/mol. The van der Waals surface area contributed by atoms with Gasteiger partial charge in [-0.2, -0.15) is 0 Å². The van der Waals surface area contributed by atoms with E-state index in [-0.39, 0.29) is 18.4 Å². The van der Waals surface area contributed by atoms with Gasteiger partial charge in [0.15, 0.2) is 0 Å². The summed E-state index contributed by atoms with van der Waals surface area (Å²) >= 11 is 0. The van der Waals surface area contributed by atoms with Crippen LogP contribution in [0.1, 0.15) is 38.5 Å². The number of carboxylic acids is 1. The van der Waals surface area contributed by atoms with E-state index in [9.17, 15) is 9.59 Å². The van der Waals surface area contributed by atoms with E-state index in [0.717, 1.165) is 25.7 Å². The van der Waals surface area contributed by atoms with Gasteiger partial charge in [0.1, 0.15) is 0 Å². The molecule has 5 nitrogen and oxygen atoms in total. The van der Waals surface area contributed by atoms with Gasteiger partial charge < -0.3 is 14.7 Å². The third kappa shape index (κ3) is 4.06. The van der Waals surface area contributed by atoms with Gasteiger partial charge in [-0.05, 0) is 25.7 Å². The van der Waals surface area contributed by atoms with E-state index in [1.807, 2.05) is 0 Å². The molecule has 2 aliphatic rings. The minimum atomic E-state index is -0.890. The Morgan fingerprint density at radius 3 is 2.74 bits per heavy atom. The van der Waals surface area contributed by atoms with Crippen LogP contribution in [-0.2, 0) is 14.3 Å². The second kappa shape index (κ2) is 6.70. The van der Waals surface area contributed by atoms with Crippen LogP contribution < -0.4 is 0 Å². The smallest absolute Gasteiger partial charge is 0.305 e. The molecule has 106 valence electrons. The highest BCUT2D eigenvalue weighted by Crippen LogP contribution is 2.23. The molecule has 2 rings (SSSR count). The fourth-order valence-electron chi connectivity index (χ4n) is 2.72. The summed E-state index contributed by atoms with van der Waals surface area (Å²) in [5.41, 5.74) is 1.21. The van der Waals surface area contributed by atoms with Crippen LogP contribution in [0.5, 0.6) is 0 Å². The van der Waals surface area contributed by atoms with Crippen molar-refractivity contribution >= 4 is 11.9 Å². The molecule has 1 aliphatic carbocycles. The lowest BCUT2D eigenvalue weighted by Gasteiger charge is -2.34. The Kier molecular flexibility index (Phi) is 4.96. The number of hydrogen-bond acceptors (Lipinski definition) is 3. The van der Waals surface area contributed by atoms with Crippen LogP contribution in [0, 0.1) is 0 Å². The molecule has 0 aromatic rings. The van der Waals surface area contributed by atoms with Crippen LogP contribution in [-0.4, -0.2) is 47.7 Å². The molecule has 0 aromatic carbocycles. The Morgan fingerprint density at radius 1 is 1.32 bits per heavy atom. The fraction of sp³-hybridized carbons (Fsp3) is 0.714. The molecule has 1 N–H and O–H groups in total. The number of rotatable bonds is 3. The SMILES string of the molecule is O=C(O)CC1COCCN1C(=O)C=C1CCCCC1. The number of nitrogens with zero attached hydrogens (tertiary/aromatic N) is 1. The summed E-state index contributed by atoms with van der Waals surface area (Å²) in [5.74, 6) is -0.940. The predicted octanol–water partition coefficient (Wildman–Crippen LogP) is 1.58. The van der Waals surface area contributed by atoms with Gasteiger partial charge in [0, 0.05) is 12.6 Å². The zero-order chi connectivity index (χ0) is 13.7. The van der Waals surface area contributed by atoms with Crippen LogP contribution >= 0.6 is 0 Å². The van der Waals surface area contributed by atoms with Crippen LogP contribution in [0.3, 0.4) is 0 Å². The first-order valence-corrected chi connectivity index (χ1v) is 6.96. The largest absolute Gasteiger partial charge is 0.481 e. The molecular formula is C14H21NO4. The van der Waals surface area contributed by atoms with Crippen molar-refractivity contribution in [3.8, 4) is 0 Å². The number of carbonyl (C=O) groups excluding carboxylic acids is 1. The van der Waals surface area contributed by atoms with Gasteiger partial charge in [0.2, 0.25) is 5.91 Å². The Hall–Kier alpha value is -1.36. The van der Waals surface area contributed by atoms with Gasteiger partial charge in [-0.1, -0.05) is 12.0 Å². The van der Waals surface area contributed by atoms with Crippen molar-refractivity contribution in [3.05, 3.63) is 11.6 Å². The van der Waals surface area contributed by atoms with Gasteiger partial charge in [-0.15, -0.1) is 0 Å².